The van der Waals surface area contributed by atoms with Crippen molar-refractivity contribution in [2.45, 2.75) is 18.9 Å². The standard InChI is InChI=1S/C14H20N2O3/c1-16(10-6-8-19-9-7-10)13-11(14(17)18-2)4-3-5-12(13)15/h3-5,10H,6-9,15H2,1-2H3. The van der Waals surface area contributed by atoms with E-state index in [1.807, 2.05) is 7.05 Å². The van der Waals surface area contributed by atoms with Crippen LogP contribution in [0, 0.1) is 0 Å². The maximum absolute atomic E-state index is 11.8. The lowest BCUT2D eigenvalue weighted by molar-refractivity contribution is 0.0601. The van der Waals surface area contributed by atoms with Gasteiger partial charge in [-0.05, 0) is 25.0 Å². The van der Waals surface area contributed by atoms with Crippen molar-refractivity contribution < 1.29 is 14.3 Å². The van der Waals surface area contributed by atoms with Crippen LogP contribution in [-0.2, 0) is 9.47 Å². The summed E-state index contributed by atoms with van der Waals surface area (Å²) in [6.07, 6.45) is 1.87. The van der Waals surface area contributed by atoms with E-state index in [1.165, 1.54) is 7.11 Å². The molecule has 2 N–H and O–H groups in total. The first-order valence-corrected chi connectivity index (χ1v) is 6.42. The van der Waals surface area contributed by atoms with E-state index in [0.29, 0.717) is 17.3 Å². The molecule has 2 rings (SSSR count). The van der Waals surface area contributed by atoms with Gasteiger partial charge in [-0.15, -0.1) is 0 Å². The molecule has 0 amide bonds. The number of anilines is 2. The Hall–Kier alpha value is -1.75. The largest absolute Gasteiger partial charge is 0.465 e. The molecular weight excluding hydrogens is 244 g/mol. The smallest absolute Gasteiger partial charge is 0.340 e. The average Bonchev–Trinajstić information content (AvgIpc) is 2.46. The molecule has 1 aromatic carbocycles. The second-order valence-corrected chi connectivity index (χ2v) is 4.69. The maximum atomic E-state index is 11.8. The average molecular weight is 264 g/mol. The number of ether oxygens (including phenoxy) is 2. The second-order valence-electron chi connectivity index (χ2n) is 4.69. The van der Waals surface area contributed by atoms with Crippen LogP contribution in [0.15, 0.2) is 18.2 Å². The lowest BCUT2D eigenvalue weighted by Gasteiger charge is -2.34. The van der Waals surface area contributed by atoms with E-state index in [9.17, 15) is 4.79 Å². The van der Waals surface area contributed by atoms with Crippen LogP contribution in [0.5, 0.6) is 0 Å². The van der Waals surface area contributed by atoms with Gasteiger partial charge in [-0.1, -0.05) is 6.07 Å². The Morgan fingerprint density at radius 3 is 2.74 bits per heavy atom. The molecule has 0 saturated carbocycles. The zero-order chi connectivity index (χ0) is 13.8. The Kier molecular flexibility index (Phi) is 4.27. The highest BCUT2D eigenvalue weighted by Crippen LogP contribution is 2.31. The van der Waals surface area contributed by atoms with Gasteiger partial charge in [0, 0.05) is 26.3 Å². The van der Waals surface area contributed by atoms with Crippen LogP contribution in [0.3, 0.4) is 0 Å². The molecular formula is C14H20N2O3. The normalized spacial score (nSPS) is 16.1. The SMILES string of the molecule is COC(=O)c1cccc(N)c1N(C)C1CCOCC1. The fourth-order valence-corrected chi connectivity index (χ4v) is 2.48. The summed E-state index contributed by atoms with van der Waals surface area (Å²) in [5.74, 6) is -0.360. The van der Waals surface area contributed by atoms with Crippen molar-refractivity contribution in [3.05, 3.63) is 23.8 Å². The number of carbonyl (C=O) groups is 1. The minimum Gasteiger partial charge on any atom is -0.465 e. The Morgan fingerprint density at radius 1 is 1.42 bits per heavy atom. The molecule has 0 aliphatic carbocycles. The van der Waals surface area contributed by atoms with Gasteiger partial charge in [-0.25, -0.2) is 4.79 Å². The van der Waals surface area contributed by atoms with Crippen LogP contribution in [0.2, 0.25) is 0 Å². The lowest BCUT2D eigenvalue weighted by Crippen LogP contribution is -2.37. The van der Waals surface area contributed by atoms with Crippen molar-refractivity contribution in [1.82, 2.24) is 0 Å². The molecule has 1 aromatic rings. The number of hydrogen-bond donors (Lipinski definition) is 1. The van der Waals surface area contributed by atoms with Gasteiger partial charge in [0.25, 0.3) is 0 Å². The van der Waals surface area contributed by atoms with E-state index >= 15 is 0 Å². The summed E-state index contributed by atoms with van der Waals surface area (Å²) >= 11 is 0. The van der Waals surface area contributed by atoms with Crippen LogP contribution in [0.4, 0.5) is 11.4 Å². The highest BCUT2D eigenvalue weighted by atomic mass is 16.5. The molecule has 1 aliphatic rings. The number of nitrogens with two attached hydrogens (primary N) is 1. The predicted molar refractivity (Wildman–Crippen MR) is 74.4 cm³/mol. The maximum Gasteiger partial charge on any atom is 0.340 e. The highest BCUT2D eigenvalue weighted by molar-refractivity contribution is 5.99. The van der Waals surface area contributed by atoms with Gasteiger partial charge >= 0.3 is 5.97 Å². The second kappa shape index (κ2) is 5.93. The molecule has 19 heavy (non-hydrogen) atoms. The third-order valence-electron chi connectivity index (χ3n) is 3.56. The van der Waals surface area contributed by atoms with E-state index in [1.54, 1.807) is 18.2 Å². The summed E-state index contributed by atoms with van der Waals surface area (Å²) in [7, 11) is 3.35. The molecule has 0 spiro atoms. The lowest BCUT2D eigenvalue weighted by atomic mass is 10.0. The summed E-state index contributed by atoms with van der Waals surface area (Å²) in [6, 6.07) is 5.65. The van der Waals surface area contributed by atoms with Gasteiger partial charge in [0.05, 0.1) is 24.0 Å². The van der Waals surface area contributed by atoms with Crippen LogP contribution in [0.25, 0.3) is 0 Å². The minimum atomic E-state index is -0.360. The minimum absolute atomic E-state index is 0.335. The van der Waals surface area contributed by atoms with E-state index in [2.05, 4.69) is 4.90 Å². The number of benzene rings is 1. The van der Waals surface area contributed by atoms with Crippen molar-refractivity contribution in [3.63, 3.8) is 0 Å². The van der Waals surface area contributed by atoms with Gasteiger partial charge in [-0.3, -0.25) is 0 Å². The van der Waals surface area contributed by atoms with Gasteiger partial charge in [-0.2, -0.15) is 0 Å². The molecule has 0 radical (unpaired) electrons. The molecule has 0 atom stereocenters. The van der Waals surface area contributed by atoms with Crippen molar-refractivity contribution in [2.75, 3.05) is 38.0 Å². The van der Waals surface area contributed by atoms with Crippen molar-refractivity contribution >= 4 is 17.3 Å². The molecule has 5 nitrogen and oxygen atoms in total. The fraction of sp³-hybridized carbons (Fsp3) is 0.500. The molecule has 0 bridgehead atoms. The predicted octanol–water partition coefficient (Wildman–Crippen LogP) is 1.67. The van der Waals surface area contributed by atoms with Gasteiger partial charge in [0.1, 0.15) is 0 Å². The van der Waals surface area contributed by atoms with Gasteiger partial charge in [0.15, 0.2) is 0 Å². The molecule has 0 aromatic heterocycles. The Morgan fingerprint density at radius 2 is 2.11 bits per heavy atom. The Balaban J connectivity index is 2.33. The number of rotatable bonds is 3. The summed E-state index contributed by atoms with van der Waals surface area (Å²) in [6.45, 7) is 1.49. The topological polar surface area (TPSA) is 64.8 Å². The first kappa shape index (κ1) is 13.7. The first-order valence-electron chi connectivity index (χ1n) is 6.42. The molecule has 5 heteroatoms. The summed E-state index contributed by atoms with van der Waals surface area (Å²) in [5, 5.41) is 0. The van der Waals surface area contributed by atoms with E-state index in [0.717, 1.165) is 31.7 Å². The van der Waals surface area contributed by atoms with Crippen molar-refractivity contribution in [3.8, 4) is 0 Å². The molecule has 1 saturated heterocycles. The molecule has 1 heterocycles. The van der Waals surface area contributed by atoms with Crippen LogP contribution >= 0.6 is 0 Å². The first-order chi connectivity index (χ1) is 9.15. The quantitative estimate of drug-likeness (QED) is 0.664. The summed E-state index contributed by atoms with van der Waals surface area (Å²) in [5.41, 5.74) is 7.90. The number of esters is 1. The van der Waals surface area contributed by atoms with E-state index in [-0.39, 0.29) is 5.97 Å². The summed E-state index contributed by atoms with van der Waals surface area (Å²) in [4.78, 5) is 13.9. The van der Waals surface area contributed by atoms with Crippen LogP contribution in [0.1, 0.15) is 23.2 Å². The molecule has 1 fully saturated rings. The number of nitrogens with zero attached hydrogens (tertiary/aromatic N) is 1. The number of carbonyl (C=O) groups excluding carboxylic acids is 1. The Bertz CT molecular complexity index is 456. The third-order valence-corrected chi connectivity index (χ3v) is 3.56. The summed E-state index contributed by atoms with van der Waals surface area (Å²) < 4.78 is 10.2. The van der Waals surface area contributed by atoms with Gasteiger partial charge in [0.2, 0.25) is 0 Å². The van der Waals surface area contributed by atoms with Crippen molar-refractivity contribution in [1.29, 1.82) is 0 Å². The number of methoxy groups -OCH3 is 1. The Labute approximate surface area is 113 Å². The zero-order valence-electron chi connectivity index (χ0n) is 11.4. The molecule has 104 valence electrons. The molecule has 0 unspecified atom stereocenters. The number of hydrogen-bond acceptors (Lipinski definition) is 5. The zero-order valence-corrected chi connectivity index (χ0v) is 11.4. The van der Waals surface area contributed by atoms with Crippen LogP contribution < -0.4 is 10.6 Å². The van der Waals surface area contributed by atoms with E-state index in [4.69, 9.17) is 15.2 Å². The van der Waals surface area contributed by atoms with E-state index < -0.39 is 0 Å². The van der Waals surface area contributed by atoms with Crippen LogP contribution in [-0.4, -0.2) is 39.4 Å². The van der Waals surface area contributed by atoms with Crippen molar-refractivity contribution in [2.24, 2.45) is 0 Å². The highest BCUT2D eigenvalue weighted by Gasteiger charge is 2.24. The van der Waals surface area contributed by atoms with Gasteiger partial charge < -0.3 is 20.1 Å². The third kappa shape index (κ3) is 2.81. The number of para-hydroxylation sites is 1. The fourth-order valence-electron chi connectivity index (χ4n) is 2.48. The number of nitrogen functional groups attached to an aromatic ring is 1. The molecule has 1 aliphatic heterocycles. The monoisotopic (exact) mass is 264 g/mol.